The molecule has 17 heavy (non-hydrogen) atoms. The molecule has 0 atom stereocenters. The Morgan fingerprint density at radius 2 is 1.76 bits per heavy atom. The topological polar surface area (TPSA) is 64.7 Å². The molecule has 1 aromatic rings. The smallest absolute Gasteiger partial charge is 0.365 e. The highest BCUT2D eigenvalue weighted by atomic mass is 16.7. The van der Waals surface area contributed by atoms with Gasteiger partial charge in [-0.1, -0.05) is 11.6 Å². The molecule has 4 heteroatoms. The van der Waals surface area contributed by atoms with E-state index in [0.29, 0.717) is 11.3 Å². The van der Waals surface area contributed by atoms with Gasteiger partial charge in [0.2, 0.25) is 0 Å². The lowest BCUT2D eigenvalue weighted by Crippen LogP contribution is -2.08. The van der Waals surface area contributed by atoms with Gasteiger partial charge in [-0.15, -0.1) is 0 Å². The average Bonchev–Trinajstić information content (AvgIpc) is 2.38. The van der Waals surface area contributed by atoms with E-state index >= 15 is 0 Å². The first-order chi connectivity index (χ1) is 8.25. The van der Waals surface area contributed by atoms with Crippen LogP contribution in [-0.4, -0.2) is 11.7 Å². The molecular weight excluding hydrogens is 216 g/mol. The summed E-state index contributed by atoms with van der Waals surface area (Å²) in [5, 5.41) is 3.92. The Hall–Kier alpha value is -1.84. The summed E-state index contributed by atoms with van der Waals surface area (Å²) in [6.07, 6.45) is 5.39. The molecule has 0 heterocycles. The zero-order valence-electron chi connectivity index (χ0n) is 9.69. The van der Waals surface area contributed by atoms with Crippen LogP contribution in [0.25, 0.3) is 0 Å². The van der Waals surface area contributed by atoms with Crippen molar-refractivity contribution in [1.29, 1.82) is 0 Å². The maximum Gasteiger partial charge on any atom is 0.365 e. The van der Waals surface area contributed by atoms with Gasteiger partial charge in [0.1, 0.15) is 0 Å². The van der Waals surface area contributed by atoms with Gasteiger partial charge in [-0.2, -0.15) is 0 Å². The summed E-state index contributed by atoms with van der Waals surface area (Å²) in [4.78, 5) is 16.5. The molecule has 1 saturated carbocycles. The summed E-state index contributed by atoms with van der Waals surface area (Å²) < 4.78 is 0. The first-order valence-corrected chi connectivity index (χ1v) is 5.88. The monoisotopic (exact) mass is 232 g/mol. The lowest BCUT2D eigenvalue weighted by Gasteiger charge is -2.10. The van der Waals surface area contributed by atoms with Crippen LogP contribution in [0.4, 0.5) is 5.69 Å². The van der Waals surface area contributed by atoms with Crippen molar-refractivity contribution < 1.29 is 9.63 Å². The lowest BCUT2D eigenvalue weighted by molar-refractivity contribution is 0.0513. The normalized spacial score (nSPS) is 15.4. The van der Waals surface area contributed by atoms with E-state index in [0.717, 1.165) is 31.4 Å². The number of nitrogens with zero attached hydrogens (tertiary/aromatic N) is 1. The summed E-state index contributed by atoms with van der Waals surface area (Å²) in [7, 11) is 0. The van der Waals surface area contributed by atoms with E-state index in [2.05, 4.69) is 5.16 Å². The van der Waals surface area contributed by atoms with Gasteiger partial charge in [0.25, 0.3) is 0 Å². The Labute approximate surface area is 100 Å². The minimum absolute atomic E-state index is 0.428. The van der Waals surface area contributed by atoms with Crippen LogP contribution in [0.1, 0.15) is 42.5 Å². The number of benzene rings is 1. The largest absolute Gasteiger partial charge is 0.399 e. The van der Waals surface area contributed by atoms with Crippen LogP contribution in [0.15, 0.2) is 29.4 Å². The van der Waals surface area contributed by atoms with Crippen molar-refractivity contribution >= 4 is 17.4 Å². The van der Waals surface area contributed by atoms with Gasteiger partial charge in [-0.25, -0.2) is 4.79 Å². The molecule has 1 aliphatic carbocycles. The Kier molecular flexibility index (Phi) is 3.75. The predicted molar refractivity (Wildman–Crippen MR) is 66.8 cm³/mol. The highest BCUT2D eigenvalue weighted by Crippen LogP contribution is 2.15. The first kappa shape index (κ1) is 11.6. The Morgan fingerprint density at radius 1 is 1.12 bits per heavy atom. The van der Waals surface area contributed by atoms with E-state index in [-0.39, 0.29) is 0 Å². The molecule has 0 spiro atoms. The lowest BCUT2D eigenvalue weighted by atomic mass is 9.99. The minimum Gasteiger partial charge on any atom is -0.399 e. The number of oxime groups is 1. The van der Waals surface area contributed by atoms with Gasteiger partial charge >= 0.3 is 5.97 Å². The van der Waals surface area contributed by atoms with E-state index in [9.17, 15) is 4.79 Å². The van der Waals surface area contributed by atoms with Crippen LogP contribution in [0, 0.1) is 0 Å². The van der Waals surface area contributed by atoms with Gasteiger partial charge in [-0.3, -0.25) is 0 Å². The predicted octanol–water partition coefficient (Wildman–Crippen LogP) is 2.75. The molecule has 0 bridgehead atoms. The van der Waals surface area contributed by atoms with Crippen LogP contribution < -0.4 is 5.73 Å². The molecule has 2 rings (SSSR count). The van der Waals surface area contributed by atoms with Crippen molar-refractivity contribution in [1.82, 2.24) is 0 Å². The number of nitrogens with two attached hydrogens (primary N) is 1. The van der Waals surface area contributed by atoms with Crippen LogP contribution in [0.5, 0.6) is 0 Å². The fourth-order valence-electron chi connectivity index (χ4n) is 1.83. The third-order valence-corrected chi connectivity index (χ3v) is 2.83. The molecule has 0 aromatic heterocycles. The van der Waals surface area contributed by atoms with Crippen LogP contribution in [-0.2, 0) is 4.84 Å². The second-order valence-corrected chi connectivity index (χ2v) is 4.22. The van der Waals surface area contributed by atoms with Gasteiger partial charge in [0.15, 0.2) is 0 Å². The highest BCUT2D eigenvalue weighted by Gasteiger charge is 2.10. The SMILES string of the molecule is Nc1ccc(C(=O)ON=C2CCCCC2)cc1. The number of hydrogen-bond donors (Lipinski definition) is 1. The fourth-order valence-corrected chi connectivity index (χ4v) is 1.83. The van der Waals surface area contributed by atoms with Crippen LogP contribution in [0.2, 0.25) is 0 Å². The van der Waals surface area contributed by atoms with Crippen molar-refractivity contribution in [2.75, 3.05) is 5.73 Å². The van der Waals surface area contributed by atoms with Crippen LogP contribution in [0.3, 0.4) is 0 Å². The van der Waals surface area contributed by atoms with Crippen molar-refractivity contribution in [2.45, 2.75) is 32.1 Å². The molecule has 0 saturated heterocycles. The van der Waals surface area contributed by atoms with E-state index in [4.69, 9.17) is 10.6 Å². The van der Waals surface area contributed by atoms with Gasteiger partial charge in [0, 0.05) is 5.69 Å². The molecule has 1 aromatic carbocycles. The molecule has 0 unspecified atom stereocenters. The number of carbonyl (C=O) groups excluding carboxylic acids is 1. The number of rotatable bonds is 2. The van der Waals surface area contributed by atoms with Gasteiger partial charge < -0.3 is 10.6 Å². The number of hydrogen-bond acceptors (Lipinski definition) is 4. The Balaban J connectivity index is 1.94. The molecule has 1 aliphatic rings. The van der Waals surface area contributed by atoms with Crippen molar-refractivity contribution in [3.05, 3.63) is 29.8 Å². The third kappa shape index (κ3) is 3.31. The van der Waals surface area contributed by atoms with E-state index in [1.165, 1.54) is 6.42 Å². The maximum absolute atomic E-state index is 11.6. The van der Waals surface area contributed by atoms with Crippen molar-refractivity contribution in [3.8, 4) is 0 Å². The van der Waals surface area contributed by atoms with Gasteiger partial charge in [0.05, 0.1) is 11.3 Å². The molecule has 1 fully saturated rings. The third-order valence-electron chi connectivity index (χ3n) is 2.83. The minimum atomic E-state index is -0.428. The molecule has 0 radical (unpaired) electrons. The molecule has 90 valence electrons. The van der Waals surface area contributed by atoms with Gasteiger partial charge in [-0.05, 0) is 49.9 Å². The Bertz CT molecular complexity index is 416. The summed E-state index contributed by atoms with van der Waals surface area (Å²) in [5.41, 5.74) is 7.62. The average molecular weight is 232 g/mol. The first-order valence-electron chi connectivity index (χ1n) is 5.88. The summed E-state index contributed by atoms with van der Waals surface area (Å²) in [5.74, 6) is -0.428. The fraction of sp³-hybridized carbons (Fsp3) is 0.385. The van der Waals surface area contributed by atoms with Crippen molar-refractivity contribution in [2.24, 2.45) is 5.16 Å². The molecular formula is C13H16N2O2. The van der Waals surface area contributed by atoms with E-state index in [1.807, 2.05) is 0 Å². The molecule has 4 nitrogen and oxygen atoms in total. The highest BCUT2D eigenvalue weighted by molar-refractivity contribution is 5.91. The standard InChI is InChI=1S/C13H16N2O2/c14-11-8-6-10(7-9-11)13(16)17-15-12-4-2-1-3-5-12/h6-9H,1-5,14H2. The quantitative estimate of drug-likeness (QED) is 0.484. The number of nitrogen functional groups attached to an aromatic ring is 1. The maximum atomic E-state index is 11.6. The Morgan fingerprint density at radius 3 is 2.41 bits per heavy atom. The second-order valence-electron chi connectivity index (χ2n) is 4.22. The zero-order chi connectivity index (χ0) is 12.1. The summed E-state index contributed by atoms with van der Waals surface area (Å²) in [6, 6.07) is 6.62. The zero-order valence-corrected chi connectivity index (χ0v) is 9.69. The number of carbonyl (C=O) groups is 1. The molecule has 0 aliphatic heterocycles. The van der Waals surface area contributed by atoms with Crippen molar-refractivity contribution in [3.63, 3.8) is 0 Å². The van der Waals surface area contributed by atoms with E-state index in [1.54, 1.807) is 24.3 Å². The molecule has 2 N–H and O–H groups in total. The summed E-state index contributed by atoms with van der Waals surface area (Å²) in [6.45, 7) is 0. The number of anilines is 1. The summed E-state index contributed by atoms with van der Waals surface area (Å²) >= 11 is 0. The van der Waals surface area contributed by atoms with Crippen LogP contribution >= 0.6 is 0 Å². The second kappa shape index (κ2) is 5.48. The molecule has 0 amide bonds. The van der Waals surface area contributed by atoms with E-state index < -0.39 is 5.97 Å².